The van der Waals surface area contributed by atoms with Crippen molar-refractivity contribution in [3.63, 3.8) is 0 Å². The molecule has 0 aromatic carbocycles. The maximum absolute atomic E-state index is 11.7. The van der Waals surface area contributed by atoms with Gasteiger partial charge in [-0.05, 0) is 19.3 Å². The molecule has 1 aromatic rings. The molecule has 0 spiro atoms. The zero-order valence-electron chi connectivity index (χ0n) is 11.1. The molecule has 0 radical (unpaired) electrons. The van der Waals surface area contributed by atoms with Gasteiger partial charge in [0.1, 0.15) is 5.69 Å². The highest BCUT2D eigenvalue weighted by molar-refractivity contribution is 5.90. The number of rotatable bonds is 5. The highest BCUT2D eigenvalue weighted by Crippen LogP contribution is 2.16. The van der Waals surface area contributed by atoms with Gasteiger partial charge in [0.2, 0.25) is 5.76 Å². The van der Waals surface area contributed by atoms with E-state index >= 15 is 0 Å². The molecule has 2 rings (SSSR count). The van der Waals surface area contributed by atoms with Gasteiger partial charge in [-0.25, -0.2) is 5.06 Å². The zero-order chi connectivity index (χ0) is 13.7. The lowest BCUT2D eigenvalue weighted by molar-refractivity contribution is -0.169. The standard InChI is InChI=1S/C12H18N2O5/c1-14(16-2)12(15)10-7-9(13-19-10)8-18-11-5-3-4-6-17-11/h7,11H,3-6,8H2,1-2H3. The van der Waals surface area contributed by atoms with Crippen LogP contribution in [0, 0.1) is 0 Å². The molecule has 1 unspecified atom stereocenters. The number of hydrogen-bond acceptors (Lipinski definition) is 6. The normalized spacial score (nSPS) is 19.4. The number of carbonyl (C=O) groups is 1. The molecule has 106 valence electrons. The first kappa shape index (κ1) is 14.0. The van der Waals surface area contributed by atoms with Gasteiger partial charge in [-0.3, -0.25) is 9.63 Å². The lowest BCUT2D eigenvalue weighted by atomic mass is 10.2. The van der Waals surface area contributed by atoms with Crippen molar-refractivity contribution in [2.24, 2.45) is 0 Å². The van der Waals surface area contributed by atoms with Gasteiger partial charge in [-0.1, -0.05) is 5.16 Å². The van der Waals surface area contributed by atoms with Gasteiger partial charge in [-0.2, -0.15) is 0 Å². The van der Waals surface area contributed by atoms with Gasteiger partial charge < -0.3 is 14.0 Å². The lowest BCUT2D eigenvalue weighted by Crippen LogP contribution is -2.24. The van der Waals surface area contributed by atoms with Crippen molar-refractivity contribution in [3.05, 3.63) is 17.5 Å². The predicted molar refractivity (Wildman–Crippen MR) is 64.0 cm³/mol. The van der Waals surface area contributed by atoms with Crippen LogP contribution in [-0.2, 0) is 20.9 Å². The van der Waals surface area contributed by atoms with Crippen LogP contribution in [0.25, 0.3) is 0 Å². The maximum atomic E-state index is 11.7. The average Bonchev–Trinajstić information content (AvgIpc) is 2.93. The molecular weight excluding hydrogens is 252 g/mol. The fourth-order valence-corrected chi connectivity index (χ4v) is 1.74. The van der Waals surface area contributed by atoms with Crippen LogP contribution in [0.1, 0.15) is 35.5 Å². The van der Waals surface area contributed by atoms with E-state index in [2.05, 4.69) is 5.16 Å². The van der Waals surface area contributed by atoms with E-state index in [-0.39, 0.29) is 18.7 Å². The minimum Gasteiger partial charge on any atom is -0.353 e. The van der Waals surface area contributed by atoms with E-state index in [4.69, 9.17) is 18.8 Å². The monoisotopic (exact) mass is 270 g/mol. The molecule has 1 aromatic heterocycles. The van der Waals surface area contributed by atoms with Crippen LogP contribution in [0.5, 0.6) is 0 Å². The highest BCUT2D eigenvalue weighted by Gasteiger charge is 2.19. The highest BCUT2D eigenvalue weighted by atomic mass is 16.7. The van der Waals surface area contributed by atoms with Gasteiger partial charge in [0, 0.05) is 19.7 Å². The van der Waals surface area contributed by atoms with E-state index in [1.807, 2.05) is 0 Å². The molecule has 1 aliphatic rings. The largest absolute Gasteiger partial charge is 0.353 e. The summed E-state index contributed by atoms with van der Waals surface area (Å²) in [7, 11) is 2.90. The van der Waals surface area contributed by atoms with Crippen molar-refractivity contribution in [3.8, 4) is 0 Å². The third-order valence-corrected chi connectivity index (χ3v) is 2.88. The van der Waals surface area contributed by atoms with Crippen molar-refractivity contribution >= 4 is 5.91 Å². The van der Waals surface area contributed by atoms with Gasteiger partial charge in [0.15, 0.2) is 6.29 Å². The second-order valence-corrected chi connectivity index (χ2v) is 4.27. The summed E-state index contributed by atoms with van der Waals surface area (Å²) < 4.78 is 15.9. The Bertz CT molecular complexity index is 414. The maximum Gasteiger partial charge on any atom is 0.315 e. The van der Waals surface area contributed by atoms with Crippen LogP contribution in [0.15, 0.2) is 10.6 Å². The summed E-state index contributed by atoms with van der Waals surface area (Å²) in [6.07, 6.45) is 2.87. The van der Waals surface area contributed by atoms with Crippen molar-refractivity contribution in [2.45, 2.75) is 32.2 Å². The first-order valence-corrected chi connectivity index (χ1v) is 6.21. The molecule has 1 fully saturated rings. The number of amides is 1. The summed E-state index contributed by atoms with van der Waals surface area (Å²) in [5.41, 5.74) is 0.557. The fraction of sp³-hybridized carbons (Fsp3) is 0.667. The topological polar surface area (TPSA) is 74.0 Å². The summed E-state index contributed by atoms with van der Waals surface area (Å²) in [5.74, 6) is -0.275. The molecule has 2 heterocycles. The van der Waals surface area contributed by atoms with Crippen molar-refractivity contribution in [2.75, 3.05) is 20.8 Å². The molecule has 0 bridgehead atoms. The summed E-state index contributed by atoms with van der Waals surface area (Å²) in [6.45, 7) is 0.990. The number of ether oxygens (including phenoxy) is 2. The van der Waals surface area contributed by atoms with Crippen LogP contribution in [0.4, 0.5) is 0 Å². The average molecular weight is 270 g/mol. The van der Waals surface area contributed by atoms with Crippen molar-refractivity contribution < 1.29 is 23.6 Å². The minimum absolute atomic E-state index is 0.118. The molecule has 1 saturated heterocycles. The van der Waals surface area contributed by atoms with Gasteiger partial charge in [-0.15, -0.1) is 0 Å². The predicted octanol–water partition coefficient (Wildman–Crippen LogP) is 1.35. The van der Waals surface area contributed by atoms with Crippen molar-refractivity contribution in [1.29, 1.82) is 0 Å². The molecule has 19 heavy (non-hydrogen) atoms. The quantitative estimate of drug-likeness (QED) is 0.752. The van der Waals surface area contributed by atoms with E-state index in [0.29, 0.717) is 5.69 Å². The Kier molecular flexibility index (Phi) is 4.89. The van der Waals surface area contributed by atoms with E-state index in [0.717, 1.165) is 30.9 Å². The second kappa shape index (κ2) is 6.65. The van der Waals surface area contributed by atoms with Crippen LogP contribution in [0.3, 0.4) is 0 Å². The Balaban J connectivity index is 1.85. The Morgan fingerprint density at radius 3 is 3.11 bits per heavy atom. The van der Waals surface area contributed by atoms with Crippen LogP contribution >= 0.6 is 0 Å². The van der Waals surface area contributed by atoms with Crippen LogP contribution in [0.2, 0.25) is 0 Å². The van der Waals surface area contributed by atoms with E-state index < -0.39 is 5.91 Å². The SMILES string of the molecule is CON(C)C(=O)c1cc(COC2CCCCO2)no1. The third-order valence-electron chi connectivity index (χ3n) is 2.88. The molecule has 7 heteroatoms. The van der Waals surface area contributed by atoms with Gasteiger partial charge >= 0.3 is 5.91 Å². The zero-order valence-corrected chi connectivity index (χ0v) is 11.1. The molecule has 1 atom stereocenters. The Morgan fingerprint density at radius 2 is 2.42 bits per heavy atom. The summed E-state index contributed by atoms with van der Waals surface area (Å²) in [5, 5.41) is 4.84. The molecule has 7 nitrogen and oxygen atoms in total. The first-order valence-electron chi connectivity index (χ1n) is 6.21. The molecule has 0 saturated carbocycles. The number of hydrogen-bond donors (Lipinski definition) is 0. The number of aromatic nitrogens is 1. The van der Waals surface area contributed by atoms with Crippen LogP contribution < -0.4 is 0 Å². The minimum atomic E-state index is -0.393. The number of nitrogens with zero attached hydrogens (tertiary/aromatic N) is 2. The van der Waals surface area contributed by atoms with E-state index in [1.165, 1.54) is 14.2 Å². The molecule has 1 amide bonds. The lowest BCUT2D eigenvalue weighted by Gasteiger charge is -2.21. The van der Waals surface area contributed by atoms with Gasteiger partial charge in [0.05, 0.1) is 13.7 Å². The molecule has 0 N–H and O–H groups in total. The van der Waals surface area contributed by atoms with E-state index in [9.17, 15) is 4.79 Å². The van der Waals surface area contributed by atoms with Gasteiger partial charge in [0.25, 0.3) is 0 Å². The summed E-state index contributed by atoms with van der Waals surface area (Å²) in [6, 6.07) is 1.54. The number of carbonyl (C=O) groups excluding carboxylic acids is 1. The van der Waals surface area contributed by atoms with Crippen LogP contribution in [-0.4, -0.2) is 43.2 Å². The smallest absolute Gasteiger partial charge is 0.315 e. The Morgan fingerprint density at radius 1 is 1.58 bits per heavy atom. The van der Waals surface area contributed by atoms with E-state index in [1.54, 1.807) is 6.07 Å². The molecule has 0 aliphatic carbocycles. The Labute approximate surface area is 111 Å². The summed E-state index contributed by atoms with van der Waals surface area (Å²) >= 11 is 0. The molecular formula is C12H18N2O5. The van der Waals surface area contributed by atoms with Crippen molar-refractivity contribution in [1.82, 2.24) is 10.2 Å². The Hall–Kier alpha value is -1.44. The number of hydroxylamine groups is 2. The third kappa shape index (κ3) is 3.76. The first-order chi connectivity index (χ1) is 9.20. The second-order valence-electron chi connectivity index (χ2n) is 4.27. The fourth-order valence-electron chi connectivity index (χ4n) is 1.74. The summed E-state index contributed by atoms with van der Waals surface area (Å²) in [4.78, 5) is 16.5. The molecule has 1 aliphatic heterocycles.